The molecule has 0 atom stereocenters. The number of halogens is 1. The fraction of sp³-hybridized carbons (Fsp3) is 0.125. The molecule has 0 aliphatic carbocycles. The second kappa shape index (κ2) is 2.48. The van der Waals surface area contributed by atoms with Gasteiger partial charge in [-0.1, -0.05) is 0 Å². The number of fused-ring (bicyclic) bond motifs is 1. The van der Waals surface area contributed by atoms with Gasteiger partial charge in [-0.15, -0.1) is 0 Å². The molecule has 0 spiro atoms. The number of hydrogen-bond acceptors (Lipinski definition) is 2. The van der Waals surface area contributed by atoms with Gasteiger partial charge in [-0.3, -0.25) is 0 Å². The summed E-state index contributed by atoms with van der Waals surface area (Å²) in [6.45, 7) is 0. The first kappa shape index (κ1) is 7.09. The number of hydrogen-bond donors (Lipinski definition) is 1. The number of nitrogens with one attached hydrogen (secondary N) is 1. The van der Waals surface area contributed by atoms with Crippen LogP contribution in [0.1, 0.15) is 0 Å². The van der Waals surface area contributed by atoms with Crippen molar-refractivity contribution in [2.75, 3.05) is 7.11 Å². The molecular weight excluding hydrogens is 159 g/mol. The Hall–Kier alpha value is -1.58. The third-order valence-corrected chi connectivity index (χ3v) is 1.65. The first-order chi connectivity index (χ1) is 5.81. The van der Waals surface area contributed by atoms with Crippen LogP contribution in [0.4, 0.5) is 4.39 Å². The van der Waals surface area contributed by atoms with Gasteiger partial charge in [0.2, 0.25) is 0 Å². The minimum atomic E-state index is -0.440. The fourth-order valence-corrected chi connectivity index (χ4v) is 1.08. The molecule has 0 aromatic carbocycles. The Morgan fingerprint density at radius 3 is 3.17 bits per heavy atom. The van der Waals surface area contributed by atoms with Gasteiger partial charge in [0, 0.05) is 11.6 Å². The van der Waals surface area contributed by atoms with Gasteiger partial charge in [0.15, 0.2) is 5.82 Å². The van der Waals surface area contributed by atoms with Crippen molar-refractivity contribution >= 4 is 11.0 Å². The highest BCUT2D eigenvalue weighted by Crippen LogP contribution is 2.18. The Bertz CT molecular complexity index is 410. The molecule has 0 aliphatic heterocycles. The van der Waals surface area contributed by atoms with E-state index in [1.807, 2.05) is 0 Å². The molecule has 2 aromatic heterocycles. The molecule has 0 saturated heterocycles. The second-order valence-corrected chi connectivity index (χ2v) is 2.39. The Morgan fingerprint density at radius 2 is 2.42 bits per heavy atom. The largest absolute Gasteiger partial charge is 0.479 e. The van der Waals surface area contributed by atoms with Gasteiger partial charge in [-0.2, -0.15) is 4.98 Å². The van der Waals surface area contributed by atoms with Crippen LogP contribution in [0, 0.1) is 5.82 Å². The maximum atomic E-state index is 13.0. The predicted octanol–water partition coefficient (Wildman–Crippen LogP) is 1.71. The second-order valence-electron chi connectivity index (χ2n) is 2.39. The maximum Gasteiger partial charge on any atom is 0.252 e. The minimum Gasteiger partial charge on any atom is -0.479 e. The van der Waals surface area contributed by atoms with Gasteiger partial charge in [0.25, 0.3) is 5.88 Å². The zero-order valence-corrected chi connectivity index (χ0v) is 6.47. The molecule has 4 heteroatoms. The van der Waals surface area contributed by atoms with Crippen LogP contribution in [0.3, 0.4) is 0 Å². The molecule has 2 heterocycles. The molecule has 0 fully saturated rings. The van der Waals surface area contributed by atoms with E-state index in [-0.39, 0.29) is 5.88 Å². The molecular formula is C8H7FN2O. The lowest BCUT2D eigenvalue weighted by molar-refractivity contribution is 0.371. The topological polar surface area (TPSA) is 37.9 Å². The van der Waals surface area contributed by atoms with Gasteiger partial charge in [0.1, 0.15) is 5.65 Å². The standard InChI is InChI=1S/C8H7FN2O/c1-12-8-6(9)4-5-2-3-10-7(5)11-8/h2-4H,1H3,(H,10,11). The third kappa shape index (κ3) is 0.922. The molecule has 12 heavy (non-hydrogen) atoms. The summed E-state index contributed by atoms with van der Waals surface area (Å²) >= 11 is 0. The molecule has 0 amide bonds. The molecule has 0 bridgehead atoms. The summed E-state index contributed by atoms with van der Waals surface area (Å²) in [5.74, 6) is -0.422. The van der Waals surface area contributed by atoms with Crippen LogP contribution in [0.15, 0.2) is 18.3 Å². The molecule has 3 nitrogen and oxygen atoms in total. The summed E-state index contributed by atoms with van der Waals surface area (Å²) in [4.78, 5) is 6.76. The molecule has 0 aliphatic rings. The van der Waals surface area contributed by atoms with Crippen molar-refractivity contribution in [2.45, 2.75) is 0 Å². The lowest BCUT2D eigenvalue weighted by Crippen LogP contribution is -1.91. The molecule has 0 saturated carbocycles. The number of ether oxygens (including phenoxy) is 1. The number of aromatic amines is 1. The predicted molar refractivity (Wildman–Crippen MR) is 42.6 cm³/mol. The summed E-state index contributed by atoms with van der Waals surface area (Å²) in [6, 6.07) is 3.14. The van der Waals surface area contributed by atoms with Crippen molar-refractivity contribution in [3.05, 3.63) is 24.1 Å². The monoisotopic (exact) mass is 166 g/mol. The van der Waals surface area contributed by atoms with Crippen LogP contribution in [-0.4, -0.2) is 17.1 Å². The lowest BCUT2D eigenvalue weighted by Gasteiger charge is -1.99. The Morgan fingerprint density at radius 1 is 1.58 bits per heavy atom. The van der Waals surface area contributed by atoms with Crippen LogP contribution >= 0.6 is 0 Å². The van der Waals surface area contributed by atoms with Crippen molar-refractivity contribution in [2.24, 2.45) is 0 Å². The normalized spacial score (nSPS) is 10.5. The van der Waals surface area contributed by atoms with Crippen molar-refractivity contribution in [1.29, 1.82) is 0 Å². The van der Waals surface area contributed by atoms with E-state index in [0.717, 1.165) is 5.39 Å². The van der Waals surface area contributed by atoms with E-state index in [2.05, 4.69) is 9.97 Å². The number of H-pyrrole nitrogens is 1. The Labute approximate surface area is 68.2 Å². The van der Waals surface area contributed by atoms with Crippen LogP contribution in [0.2, 0.25) is 0 Å². The first-order valence-electron chi connectivity index (χ1n) is 3.49. The highest BCUT2D eigenvalue weighted by Gasteiger charge is 2.06. The van der Waals surface area contributed by atoms with Gasteiger partial charge in [0.05, 0.1) is 7.11 Å². The summed E-state index contributed by atoms with van der Waals surface area (Å²) in [5, 5.41) is 0.744. The molecule has 2 rings (SSSR count). The number of pyridine rings is 1. The van der Waals surface area contributed by atoms with Crippen molar-refractivity contribution in [3.63, 3.8) is 0 Å². The van der Waals surface area contributed by atoms with Gasteiger partial charge in [-0.05, 0) is 12.1 Å². The third-order valence-electron chi connectivity index (χ3n) is 1.65. The van der Waals surface area contributed by atoms with E-state index < -0.39 is 5.82 Å². The van der Waals surface area contributed by atoms with Gasteiger partial charge < -0.3 is 9.72 Å². The quantitative estimate of drug-likeness (QED) is 0.700. The summed E-state index contributed by atoms with van der Waals surface area (Å²) < 4.78 is 17.7. The molecule has 0 radical (unpaired) electrons. The smallest absolute Gasteiger partial charge is 0.252 e. The summed E-state index contributed by atoms with van der Waals surface area (Å²) in [6.07, 6.45) is 1.70. The number of aromatic nitrogens is 2. The zero-order chi connectivity index (χ0) is 8.55. The molecule has 1 N–H and O–H groups in total. The Kier molecular flexibility index (Phi) is 1.46. The SMILES string of the molecule is COc1nc2[nH]ccc2cc1F. The van der Waals surface area contributed by atoms with Crippen molar-refractivity contribution < 1.29 is 9.13 Å². The highest BCUT2D eigenvalue weighted by atomic mass is 19.1. The highest BCUT2D eigenvalue weighted by molar-refractivity contribution is 5.75. The van der Waals surface area contributed by atoms with Crippen LogP contribution < -0.4 is 4.74 Å². The van der Waals surface area contributed by atoms with Crippen molar-refractivity contribution in [1.82, 2.24) is 9.97 Å². The van der Waals surface area contributed by atoms with Crippen LogP contribution in [0.5, 0.6) is 5.88 Å². The number of nitrogens with zero attached hydrogens (tertiary/aromatic N) is 1. The number of rotatable bonds is 1. The molecule has 0 unspecified atom stereocenters. The van der Waals surface area contributed by atoms with E-state index in [1.54, 1.807) is 12.3 Å². The molecule has 62 valence electrons. The number of methoxy groups -OCH3 is 1. The van der Waals surface area contributed by atoms with E-state index >= 15 is 0 Å². The van der Waals surface area contributed by atoms with E-state index in [0.29, 0.717) is 5.65 Å². The van der Waals surface area contributed by atoms with Crippen molar-refractivity contribution in [3.8, 4) is 5.88 Å². The maximum absolute atomic E-state index is 13.0. The Balaban J connectivity index is 2.73. The van der Waals surface area contributed by atoms with Gasteiger partial charge in [-0.25, -0.2) is 4.39 Å². The van der Waals surface area contributed by atoms with Gasteiger partial charge >= 0.3 is 0 Å². The van der Waals surface area contributed by atoms with Crippen LogP contribution in [-0.2, 0) is 0 Å². The first-order valence-corrected chi connectivity index (χ1v) is 3.49. The minimum absolute atomic E-state index is 0.0185. The van der Waals surface area contributed by atoms with Crippen LogP contribution in [0.25, 0.3) is 11.0 Å². The van der Waals surface area contributed by atoms with E-state index in [9.17, 15) is 4.39 Å². The average Bonchev–Trinajstić information content (AvgIpc) is 2.49. The zero-order valence-electron chi connectivity index (χ0n) is 6.47. The van der Waals surface area contributed by atoms with E-state index in [1.165, 1.54) is 13.2 Å². The summed E-state index contributed by atoms with van der Waals surface area (Å²) in [7, 11) is 1.39. The average molecular weight is 166 g/mol. The summed E-state index contributed by atoms with van der Waals surface area (Å²) in [5.41, 5.74) is 0.633. The lowest BCUT2D eigenvalue weighted by atomic mass is 10.3. The molecule has 2 aromatic rings. The fourth-order valence-electron chi connectivity index (χ4n) is 1.08. The van der Waals surface area contributed by atoms with E-state index in [4.69, 9.17) is 4.74 Å².